The summed E-state index contributed by atoms with van der Waals surface area (Å²) in [5.41, 5.74) is 6.96. The molecule has 0 bridgehead atoms. The second-order valence-corrected chi connectivity index (χ2v) is 3.91. The molecule has 0 radical (unpaired) electrons. The molecule has 0 amide bonds. The zero-order valence-electron chi connectivity index (χ0n) is 9.96. The molecule has 0 spiro atoms. The fourth-order valence-electron chi connectivity index (χ4n) is 1.34. The number of carbonyl (C=O) groups is 1. The number of nitrogens with two attached hydrogens (primary N) is 1. The van der Waals surface area contributed by atoms with Crippen LogP contribution in [-0.2, 0) is 16.1 Å². The number of carbonyl (C=O) groups excluding carboxylic acids is 1. The van der Waals surface area contributed by atoms with Gasteiger partial charge in [0.25, 0.3) is 0 Å². The fourth-order valence-corrected chi connectivity index (χ4v) is 1.58. The summed E-state index contributed by atoms with van der Waals surface area (Å²) in [6.07, 6.45) is 0. The molecule has 0 fully saturated rings. The standard InChI is InChI=1S/C12H16ClNO3/c1-3-16-11-4-8(2)9(5-10(11)13)7-17-12(15)6-14/h4-5H,3,6-7,14H2,1-2H3. The van der Waals surface area contributed by atoms with Crippen LogP contribution < -0.4 is 10.5 Å². The summed E-state index contributed by atoms with van der Waals surface area (Å²) in [4.78, 5) is 10.9. The largest absolute Gasteiger partial charge is 0.492 e. The molecule has 5 heteroatoms. The van der Waals surface area contributed by atoms with Crippen LogP contribution in [-0.4, -0.2) is 19.1 Å². The summed E-state index contributed by atoms with van der Waals surface area (Å²) in [6, 6.07) is 3.57. The zero-order chi connectivity index (χ0) is 12.8. The first-order valence-corrected chi connectivity index (χ1v) is 5.73. The Kier molecular flexibility index (Phi) is 5.25. The van der Waals surface area contributed by atoms with E-state index in [0.717, 1.165) is 11.1 Å². The molecule has 2 N–H and O–H groups in total. The van der Waals surface area contributed by atoms with Crippen molar-refractivity contribution in [3.63, 3.8) is 0 Å². The van der Waals surface area contributed by atoms with Crippen LogP contribution in [0.4, 0.5) is 0 Å². The lowest BCUT2D eigenvalue weighted by molar-refractivity contribution is -0.143. The quantitative estimate of drug-likeness (QED) is 0.820. The van der Waals surface area contributed by atoms with E-state index in [-0.39, 0.29) is 13.2 Å². The van der Waals surface area contributed by atoms with Crippen LogP contribution in [0.1, 0.15) is 18.1 Å². The topological polar surface area (TPSA) is 61.5 Å². The summed E-state index contributed by atoms with van der Waals surface area (Å²) in [7, 11) is 0. The highest BCUT2D eigenvalue weighted by Crippen LogP contribution is 2.28. The van der Waals surface area contributed by atoms with E-state index in [0.29, 0.717) is 17.4 Å². The monoisotopic (exact) mass is 257 g/mol. The van der Waals surface area contributed by atoms with E-state index in [1.54, 1.807) is 6.07 Å². The van der Waals surface area contributed by atoms with E-state index in [2.05, 4.69) is 0 Å². The third-order valence-electron chi connectivity index (χ3n) is 2.25. The van der Waals surface area contributed by atoms with E-state index in [4.69, 9.17) is 26.8 Å². The van der Waals surface area contributed by atoms with Crippen molar-refractivity contribution in [2.45, 2.75) is 20.5 Å². The minimum absolute atomic E-state index is 0.121. The molecule has 0 aromatic heterocycles. The Morgan fingerprint density at radius 2 is 2.18 bits per heavy atom. The van der Waals surface area contributed by atoms with E-state index >= 15 is 0 Å². The second kappa shape index (κ2) is 6.47. The van der Waals surface area contributed by atoms with Crippen LogP contribution in [0.25, 0.3) is 0 Å². The number of hydrogen-bond acceptors (Lipinski definition) is 4. The number of esters is 1. The molecule has 0 unspecified atom stereocenters. The number of aryl methyl sites for hydroxylation is 1. The fraction of sp³-hybridized carbons (Fsp3) is 0.417. The molecule has 0 aliphatic carbocycles. The number of rotatable bonds is 5. The van der Waals surface area contributed by atoms with E-state index in [1.807, 2.05) is 19.9 Å². The molecule has 0 aliphatic heterocycles. The van der Waals surface area contributed by atoms with Gasteiger partial charge in [-0.1, -0.05) is 11.6 Å². The lowest BCUT2D eigenvalue weighted by atomic mass is 10.1. The molecule has 0 heterocycles. The molecule has 0 aliphatic rings. The highest BCUT2D eigenvalue weighted by Gasteiger charge is 2.08. The van der Waals surface area contributed by atoms with Crippen LogP contribution in [0.5, 0.6) is 5.75 Å². The highest BCUT2D eigenvalue weighted by molar-refractivity contribution is 6.32. The first kappa shape index (κ1) is 13.8. The van der Waals surface area contributed by atoms with Crippen molar-refractivity contribution < 1.29 is 14.3 Å². The van der Waals surface area contributed by atoms with E-state index in [9.17, 15) is 4.79 Å². The lowest BCUT2D eigenvalue weighted by Gasteiger charge is -2.11. The number of hydrogen-bond donors (Lipinski definition) is 1. The molecular weight excluding hydrogens is 242 g/mol. The SMILES string of the molecule is CCOc1cc(C)c(COC(=O)CN)cc1Cl. The van der Waals surface area contributed by atoms with Crippen LogP contribution in [0.2, 0.25) is 5.02 Å². The maximum atomic E-state index is 10.9. The van der Waals surface area contributed by atoms with Gasteiger partial charge < -0.3 is 15.2 Å². The van der Waals surface area contributed by atoms with Gasteiger partial charge in [-0.05, 0) is 37.1 Å². The summed E-state index contributed by atoms with van der Waals surface area (Å²) in [6.45, 7) is 4.41. The van der Waals surface area contributed by atoms with Crippen molar-refractivity contribution in [3.8, 4) is 5.75 Å². The second-order valence-electron chi connectivity index (χ2n) is 3.51. The molecule has 0 atom stereocenters. The third kappa shape index (κ3) is 3.91. The minimum atomic E-state index is -0.436. The Morgan fingerprint density at radius 1 is 1.47 bits per heavy atom. The predicted molar refractivity (Wildman–Crippen MR) is 66.2 cm³/mol. The van der Waals surface area contributed by atoms with E-state index < -0.39 is 5.97 Å². The van der Waals surface area contributed by atoms with Crippen molar-refractivity contribution in [1.29, 1.82) is 0 Å². The van der Waals surface area contributed by atoms with Gasteiger partial charge in [-0.3, -0.25) is 4.79 Å². The van der Waals surface area contributed by atoms with Gasteiger partial charge in [-0.25, -0.2) is 0 Å². The molecule has 94 valence electrons. The van der Waals surface area contributed by atoms with Gasteiger partial charge in [0.1, 0.15) is 12.4 Å². The summed E-state index contributed by atoms with van der Waals surface area (Å²) >= 11 is 6.04. The molecule has 0 saturated heterocycles. The Balaban J connectivity index is 2.80. The van der Waals surface area contributed by atoms with Crippen molar-refractivity contribution in [1.82, 2.24) is 0 Å². The number of benzene rings is 1. The zero-order valence-corrected chi connectivity index (χ0v) is 10.7. The molecule has 1 aromatic carbocycles. The van der Waals surface area contributed by atoms with Crippen LogP contribution in [0, 0.1) is 6.92 Å². The predicted octanol–water partition coefficient (Wildman–Crippen LogP) is 2.05. The summed E-state index contributed by atoms with van der Waals surface area (Å²) in [5, 5.41) is 0.510. The van der Waals surface area contributed by atoms with Gasteiger partial charge in [-0.15, -0.1) is 0 Å². The first-order valence-electron chi connectivity index (χ1n) is 5.36. The molecule has 1 rings (SSSR count). The maximum Gasteiger partial charge on any atom is 0.320 e. The first-order chi connectivity index (χ1) is 8.08. The Hall–Kier alpha value is -1.26. The molecule has 17 heavy (non-hydrogen) atoms. The van der Waals surface area contributed by atoms with Crippen LogP contribution >= 0.6 is 11.6 Å². The van der Waals surface area contributed by atoms with Crippen LogP contribution in [0.3, 0.4) is 0 Å². The molecule has 0 saturated carbocycles. The van der Waals surface area contributed by atoms with Crippen molar-refractivity contribution in [2.75, 3.05) is 13.2 Å². The Labute approximate surface area is 106 Å². The highest BCUT2D eigenvalue weighted by atomic mass is 35.5. The van der Waals surface area contributed by atoms with Gasteiger partial charge in [0, 0.05) is 0 Å². The Bertz CT molecular complexity index is 407. The average Bonchev–Trinajstić information content (AvgIpc) is 2.31. The van der Waals surface area contributed by atoms with Gasteiger partial charge in [0.2, 0.25) is 0 Å². The van der Waals surface area contributed by atoms with Crippen molar-refractivity contribution >= 4 is 17.6 Å². The molecule has 4 nitrogen and oxygen atoms in total. The molecule has 1 aromatic rings. The van der Waals surface area contributed by atoms with E-state index in [1.165, 1.54) is 0 Å². The maximum absolute atomic E-state index is 10.9. The lowest BCUT2D eigenvalue weighted by Crippen LogP contribution is -2.16. The summed E-state index contributed by atoms with van der Waals surface area (Å²) in [5.74, 6) is 0.204. The van der Waals surface area contributed by atoms with Gasteiger partial charge in [-0.2, -0.15) is 0 Å². The molecular formula is C12H16ClNO3. The van der Waals surface area contributed by atoms with Crippen molar-refractivity contribution in [2.24, 2.45) is 5.73 Å². The number of halogens is 1. The summed E-state index contributed by atoms with van der Waals surface area (Å²) < 4.78 is 10.3. The third-order valence-corrected chi connectivity index (χ3v) is 2.54. The van der Waals surface area contributed by atoms with Gasteiger partial charge >= 0.3 is 5.97 Å². The smallest absolute Gasteiger partial charge is 0.320 e. The van der Waals surface area contributed by atoms with Gasteiger partial charge in [0.15, 0.2) is 0 Å². The van der Waals surface area contributed by atoms with Gasteiger partial charge in [0.05, 0.1) is 18.2 Å². The average molecular weight is 258 g/mol. The normalized spacial score (nSPS) is 10.1. The Morgan fingerprint density at radius 3 is 2.76 bits per heavy atom. The van der Waals surface area contributed by atoms with Crippen LogP contribution in [0.15, 0.2) is 12.1 Å². The minimum Gasteiger partial charge on any atom is -0.492 e. The van der Waals surface area contributed by atoms with Crippen molar-refractivity contribution in [3.05, 3.63) is 28.3 Å². The number of ether oxygens (including phenoxy) is 2.